The molecule has 3 heteroatoms. The molecule has 1 rings (SSSR count). The largest absolute Gasteiger partial charge is 0.194 e. The van der Waals surface area contributed by atoms with Crippen molar-refractivity contribution in [1.82, 2.24) is 0 Å². The Morgan fingerprint density at radius 3 is 2.27 bits per heavy atom. The molecule has 0 aliphatic heterocycles. The molecule has 0 amide bonds. The number of halogens is 3. The highest BCUT2D eigenvalue weighted by molar-refractivity contribution is 6.31. The molecule has 0 spiro atoms. The molecule has 11 heavy (non-hydrogen) atoms. The van der Waals surface area contributed by atoms with Gasteiger partial charge in [-0.15, -0.1) is 0 Å². The van der Waals surface area contributed by atoms with E-state index in [1.54, 1.807) is 24.3 Å². The lowest BCUT2D eigenvalue weighted by Crippen LogP contribution is -1.69. The van der Waals surface area contributed by atoms with E-state index < -0.39 is 5.29 Å². The monoisotopic (exact) mass is 190 g/mol. The Bertz CT molecular complexity index is 260. The zero-order chi connectivity index (χ0) is 8.27. The number of hydrogen-bond acceptors (Lipinski definition) is 0. The third-order valence-corrected chi connectivity index (χ3v) is 1.51. The van der Waals surface area contributed by atoms with Crippen LogP contribution in [0.1, 0.15) is 5.56 Å². The minimum Gasteiger partial charge on any atom is -0.194 e. The van der Waals surface area contributed by atoms with E-state index >= 15 is 0 Å². The van der Waals surface area contributed by atoms with Crippen molar-refractivity contribution in [3.63, 3.8) is 0 Å². The average Bonchev–Trinajstić information content (AvgIpc) is 1.93. The molecular weight excluding hydrogens is 186 g/mol. The van der Waals surface area contributed by atoms with Crippen LogP contribution in [0, 0.1) is 0 Å². The first-order valence-corrected chi connectivity index (χ1v) is 3.72. The van der Waals surface area contributed by atoms with Gasteiger partial charge in [0.15, 0.2) is 5.29 Å². The van der Waals surface area contributed by atoms with Crippen LogP contribution in [0.25, 0.3) is 6.08 Å². The molecule has 0 atom stereocenters. The normalized spacial score (nSPS) is 11.7. The predicted octanol–water partition coefficient (Wildman–Crippen LogP) is 3.85. The Morgan fingerprint density at radius 2 is 1.82 bits per heavy atom. The zero-order valence-corrected chi connectivity index (χ0v) is 7.03. The number of rotatable bonds is 1. The van der Waals surface area contributed by atoms with Crippen molar-refractivity contribution in [3.8, 4) is 0 Å². The van der Waals surface area contributed by atoms with Crippen LogP contribution in [0.5, 0.6) is 0 Å². The van der Waals surface area contributed by atoms with Crippen molar-refractivity contribution in [2.24, 2.45) is 0 Å². The highest BCUT2D eigenvalue weighted by Crippen LogP contribution is 2.14. The van der Waals surface area contributed by atoms with Crippen LogP contribution in [0.4, 0.5) is 4.39 Å². The van der Waals surface area contributed by atoms with Crippen LogP contribution < -0.4 is 0 Å². The van der Waals surface area contributed by atoms with E-state index in [1.807, 2.05) is 0 Å². The molecule has 0 saturated carbocycles. The van der Waals surface area contributed by atoms with Gasteiger partial charge >= 0.3 is 0 Å². The van der Waals surface area contributed by atoms with Gasteiger partial charge in [0.05, 0.1) is 0 Å². The average molecular weight is 191 g/mol. The predicted molar refractivity (Wildman–Crippen MR) is 46.4 cm³/mol. The summed E-state index contributed by atoms with van der Waals surface area (Å²) in [4.78, 5) is 0. The minimum absolute atomic E-state index is 0.622. The minimum atomic E-state index is -0.729. The Hall–Kier alpha value is -0.530. The molecule has 0 saturated heterocycles. The molecule has 0 fully saturated rings. The Balaban J connectivity index is 2.91. The third-order valence-electron chi connectivity index (χ3n) is 1.15. The SMILES string of the molecule is FC(Cl)=Cc1ccc(Cl)cc1. The van der Waals surface area contributed by atoms with E-state index in [0.717, 1.165) is 0 Å². The summed E-state index contributed by atoms with van der Waals surface area (Å²) >= 11 is 10.6. The van der Waals surface area contributed by atoms with Crippen LogP contribution in [0.15, 0.2) is 29.6 Å². The smallest absolute Gasteiger partial charge is 0.189 e. The van der Waals surface area contributed by atoms with E-state index in [4.69, 9.17) is 23.2 Å². The Morgan fingerprint density at radius 1 is 1.27 bits per heavy atom. The summed E-state index contributed by atoms with van der Waals surface area (Å²) in [6.07, 6.45) is 1.22. The lowest BCUT2D eigenvalue weighted by molar-refractivity contribution is 0.702. The molecule has 1 aromatic carbocycles. The van der Waals surface area contributed by atoms with Gasteiger partial charge in [0.25, 0.3) is 0 Å². The summed E-state index contributed by atoms with van der Waals surface area (Å²) in [5.74, 6) is 0. The van der Waals surface area contributed by atoms with E-state index in [0.29, 0.717) is 10.6 Å². The van der Waals surface area contributed by atoms with Crippen molar-refractivity contribution < 1.29 is 4.39 Å². The summed E-state index contributed by atoms with van der Waals surface area (Å²) in [5, 5.41) is -0.107. The molecule has 58 valence electrons. The van der Waals surface area contributed by atoms with Gasteiger partial charge in [0.1, 0.15) is 0 Å². The second kappa shape index (κ2) is 3.74. The maximum Gasteiger partial charge on any atom is 0.189 e. The van der Waals surface area contributed by atoms with Gasteiger partial charge in [-0.2, -0.15) is 4.39 Å². The lowest BCUT2D eigenvalue weighted by atomic mass is 10.2. The van der Waals surface area contributed by atoms with Crippen molar-refractivity contribution in [2.75, 3.05) is 0 Å². The van der Waals surface area contributed by atoms with E-state index in [1.165, 1.54) is 6.08 Å². The van der Waals surface area contributed by atoms with Crippen LogP contribution in [0.2, 0.25) is 5.02 Å². The highest BCUT2D eigenvalue weighted by Gasteiger charge is 1.90. The second-order valence-corrected chi connectivity index (χ2v) is 2.78. The molecule has 1 aromatic rings. The summed E-state index contributed by atoms with van der Waals surface area (Å²) in [5.41, 5.74) is 0.696. The number of benzene rings is 1. The van der Waals surface area contributed by atoms with Gasteiger partial charge in [0, 0.05) is 5.02 Å². The van der Waals surface area contributed by atoms with Crippen LogP contribution in [0.3, 0.4) is 0 Å². The van der Waals surface area contributed by atoms with Gasteiger partial charge in [0.2, 0.25) is 0 Å². The van der Waals surface area contributed by atoms with Crippen molar-refractivity contribution in [1.29, 1.82) is 0 Å². The molecule has 0 aromatic heterocycles. The molecule has 0 aliphatic carbocycles. The molecule has 0 radical (unpaired) electrons. The first-order valence-electron chi connectivity index (χ1n) is 2.97. The summed E-state index contributed by atoms with van der Waals surface area (Å²) in [7, 11) is 0. The van der Waals surface area contributed by atoms with Gasteiger partial charge in [-0.3, -0.25) is 0 Å². The number of hydrogen-bond donors (Lipinski definition) is 0. The molecule has 0 N–H and O–H groups in total. The van der Waals surface area contributed by atoms with Crippen molar-refractivity contribution in [2.45, 2.75) is 0 Å². The molecule has 0 unspecified atom stereocenters. The third kappa shape index (κ3) is 2.91. The maximum atomic E-state index is 12.1. The molecular formula is C8H5Cl2F. The highest BCUT2D eigenvalue weighted by atomic mass is 35.5. The fraction of sp³-hybridized carbons (Fsp3) is 0. The summed E-state index contributed by atoms with van der Waals surface area (Å²) in [6.45, 7) is 0. The van der Waals surface area contributed by atoms with Gasteiger partial charge in [-0.25, -0.2) is 0 Å². The molecule has 0 bridgehead atoms. The summed E-state index contributed by atoms with van der Waals surface area (Å²) in [6, 6.07) is 6.72. The van der Waals surface area contributed by atoms with Crippen LogP contribution in [-0.4, -0.2) is 0 Å². The fourth-order valence-electron chi connectivity index (χ4n) is 0.685. The standard InChI is InChI=1S/C8H5Cl2F/c9-7-3-1-6(2-4-7)5-8(10)11/h1-5H. The Kier molecular flexibility index (Phi) is 2.92. The van der Waals surface area contributed by atoms with Crippen molar-refractivity contribution in [3.05, 3.63) is 40.1 Å². The van der Waals surface area contributed by atoms with E-state index in [2.05, 4.69) is 0 Å². The van der Waals surface area contributed by atoms with Gasteiger partial charge in [-0.05, 0) is 23.8 Å². The zero-order valence-electron chi connectivity index (χ0n) is 5.52. The topological polar surface area (TPSA) is 0 Å². The second-order valence-electron chi connectivity index (χ2n) is 1.99. The summed E-state index contributed by atoms with van der Waals surface area (Å²) < 4.78 is 12.1. The molecule has 0 nitrogen and oxygen atoms in total. The van der Waals surface area contributed by atoms with Gasteiger partial charge < -0.3 is 0 Å². The lowest BCUT2D eigenvalue weighted by Gasteiger charge is -1.91. The maximum absolute atomic E-state index is 12.1. The fourth-order valence-corrected chi connectivity index (χ4v) is 0.937. The van der Waals surface area contributed by atoms with Crippen LogP contribution >= 0.6 is 23.2 Å². The quantitative estimate of drug-likeness (QED) is 0.632. The van der Waals surface area contributed by atoms with E-state index in [-0.39, 0.29) is 0 Å². The van der Waals surface area contributed by atoms with E-state index in [9.17, 15) is 4.39 Å². The molecule has 0 heterocycles. The van der Waals surface area contributed by atoms with Crippen molar-refractivity contribution >= 4 is 29.3 Å². The van der Waals surface area contributed by atoms with Crippen LogP contribution in [-0.2, 0) is 0 Å². The first kappa shape index (κ1) is 8.57. The molecule has 0 aliphatic rings. The van der Waals surface area contributed by atoms with Gasteiger partial charge in [-0.1, -0.05) is 35.3 Å². The Labute approximate surface area is 74.2 Å². The first-order chi connectivity index (χ1) is 5.18.